The Morgan fingerprint density at radius 1 is 1.11 bits per heavy atom. The van der Waals surface area contributed by atoms with Gasteiger partial charge in [-0.1, -0.05) is 30.3 Å². The molecule has 0 spiro atoms. The van der Waals surface area contributed by atoms with Crippen LogP contribution in [0.1, 0.15) is 40.5 Å². The number of carbonyl (C=O) groups is 1. The number of nitrogens with zero attached hydrogens (tertiary/aromatic N) is 2. The normalized spacial score (nSPS) is 14.5. The molecule has 0 atom stereocenters. The summed E-state index contributed by atoms with van der Waals surface area (Å²) in [5.74, 6) is -0.110. The van der Waals surface area contributed by atoms with Gasteiger partial charge >= 0.3 is 6.18 Å². The first-order valence-corrected chi connectivity index (χ1v) is 8.84. The number of fused-ring (bicyclic) bond motifs is 1. The predicted molar refractivity (Wildman–Crippen MR) is 95.5 cm³/mol. The van der Waals surface area contributed by atoms with Gasteiger partial charge in [-0.3, -0.25) is 9.48 Å². The number of benzene rings is 2. The average molecular weight is 373 g/mol. The SMILES string of the molecule is O=C(NCCn1nc(C(F)(F)F)cc1C1CC1)c1ccc2ccccc2c1. The molecule has 0 saturated heterocycles. The zero-order chi connectivity index (χ0) is 19.0. The molecule has 0 aliphatic heterocycles. The minimum Gasteiger partial charge on any atom is -0.350 e. The third-order valence-electron chi connectivity index (χ3n) is 4.72. The average Bonchev–Trinajstić information content (AvgIpc) is 3.40. The largest absolute Gasteiger partial charge is 0.435 e. The first-order chi connectivity index (χ1) is 12.9. The molecule has 1 fully saturated rings. The number of carbonyl (C=O) groups excluding carboxylic acids is 1. The predicted octanol–water partition coefficient (Wildman–Crippen LogP) is 4.36. The van der Waals surface area contributed by atoms with Crippen LogP contribution in [0.2, 0.25) is 0 Å². The number of hydrogen-bond donors (Lipinski definition) is 1. The van der Waals surface area contributed by atoms with Crippen LogP contribution in [0.25, 0.3) is 10.8 Å². The molecule has 1 heterocycles. The zero-order valence-electron chi connectivity index (χ0n) is 14.5. The maximum atomic E-state index is 12.9. The number of alkyl halides is 3. The molecule has 7 heteroatoms. The van der Waals surface area contributed by atoms with Gasteiger partial charge in [0.2, 0.25) is 0 Å². The molecule has 1 N–H and O–H groups in total. The molecule has 0 bridgehead atoms. The van der Waals surface area contributed by atoms with Gasteiger partial charge in [0.15, 0.2) is 5.69 Å². The molecule has 27 heavy (non-hydrogen) atoms. The highest BCUT2D eigenvalue weighted by molar-refractivity contribution is 5.98. The van der Waals surface area contributed by atoms with Crippen molar-refractivity contribution in [3.05, 3.63) is 65.5 Å². The fraction of sp³-hybridized carbons (Fsp3) is 0.300. The Balaban J connectivity index is 1.43. The molecular weight excluding hydrogens is 355 g/mol. The Hall–Kier alpha value is -2.83. The summed E-state index contributed by atoms with van der Waals surface area (Å²) in [5, 5.41) is 8.46. The second-order valence-electron chi connectivity index (χ2n) is 6.77. The van der Waals surface area contributed by atoms with Crippen LogP contribution in [-0.2, 0) is 12.7 Å². The van der Waals surface area contributed by atoms with Crippen molar-refractivity contribution < 1.29 is 18.0 Å². The second-order valence-corrected chi connectivity index (χ2v) is 6.77. The quantitative estimate of drug-likeness (QED) is 0.722. The third-order valence-corrected chi connectivity index (χ3v) is 4.72. The Morgan fingerprint density at radius 2 is 1.85 bits per heavy atom. The maximum absolute atomic E-state index is 12.9. The van der Waals surface area contributed by atoms with Crippen LogP contribution in [0, 0.1) is 0 Å². The van der Waals surface area contributed by atoms with Crippen LogP contribution >= 0.6 is 0 Å². The van der Waals surface area contributed by atoms with Gasteiger partial charge < -0.3 is 5.32 Å². The summed E-state index contributed by atoms with van der Waals surface area (Å²) < 4.78 is 40.1. The van der Waals surface area contributed by atoms with Crippen LogP contribution in [0.3, 0.4) is 0 Å². The van der Waals surface area contributed by atoms with Crippen molar-refractivity contribution in [3.8, 4) is 0 Å². The Kier molecular flexibility index (Phi) is 4.37. The second kappa shape index (κ2) is 6.72. The van der Waals surface area contributed by atoms with Crippen molar-refractivity contribution in [2.45, 2.75) is 31.5 Å². The first kappa shape index (κ1) is 17.6. The fourth-order valence-electron chi connectivity index (χ4n) is 3.16. The lowest BCUT2D eigenvalue weighted by molar-refractivity contribution is -0.141. The topological polar surface area (TPSA) is 46.9 Å². The third kappa shape index (κ3) is 3.82. The van der Waals surface area contributed by atoms with Gasteiger partial charge in [-0.05, 0) is 41.8 Å². The molecule has 0 radical (unpaired) electrons. The molecule has 2 aromatic carbocycles. The lowest BCUT2D eigenvalue weighted by Gasteiger charge is -2.09. The maximum Gasteiger partial charge on any atom is 0.435 e. The monoisotopic (exact) mass is 373 g/mol. The summed E-state index contributed by atoms with van der Waals surface area (Å²) in [6.45, 7) is 0.422. The summed E-state index contributed by atoms with van der Waals surface area (Å²) in [6.07, 6.45) is -2.69. The lowest BCUT2D eigenvalue weighted by Crippen LogP contribution is -2.28. The highest BCUT2D eigenvalue weighted by atomic mass is 19.4. The van der Waals surface area contributed by atoms with Gasteiger partial charge in [0.1, 0.15) is 0 Å². The molecular formula is C20H18F3N3O. The standard InChI is InChI=1S/C20H18F3N3O/c21-20(22,23)18-12-17(14-6-7-14)26(25-18)10-9-24-19(27)16-8-5-13-3-1-2-4-15(13)11-16/h1-5,8,11-12,14H,6-7,9-10H2,(H,24,27). The Morgan fingerprint density at radius 3 is 2.56 bits per heavy atom. The Bertz CT molecular complexity index is 990. The number of hydrogen-bond acceptors (Lipinski definition) is 2. The van der Waals surface area contributed by atoms with Gasteiger partial charge in [-0.2, -0.15) is 18.3 Å². The molecule has 1 aliphatic rings. The van der Waals surface area contributed by atoms with E-state index >= 15 is 0 Å². The zero-order valence-corrected chi connectivity index (χ0v) is 14.5. The van der Waals surface area contributed by atoms with Crippen molar-refractivity contribution >= 4 is 16.7 Å². The molecule has 4 rings (SSSR count). The van der Waals surface area contributed by atoms with Crippen LogP contribution < -0.4 is 5.32 Å². The van der Waals surface area contributed by atoms with Crippen LogP contribution in [0.15, 0.2) is 48.5 Å². The summed E-state index contributed by atoms with van der Waals surface area (Å²) >= 11 is 0. The lowest BCUT2D eigenvalue weighted by atomic mass is 10.1. The Labute approximate surface area is 154 Å². The van der Waals surface area contributed by atoms with E-state index in [2.05, 4.69) is 10.4 Å². The number of amides is 1. The molecule has 1 aromatic heterocycles. The van der Waals surface area contributed by atoms with Crippen LogP contribution in [0.5, 0.6) is 0 Å². The van der Waals surface area contributed by atoms with E-state index in [4.69, 9.17) is 0 Å². The van der Waals surface area contributed by atoms with Gasteiger partial charge in [0.05, 0.1) is 6.54 Å². The number of aromatic nitrogens is 2. The van der Waals surface area contributed by atoms with Gasteiger partial charge in [0.25, 0.3) is 5.91 Å². The van der Waals surface area contributed by atoms with Gasteiger partial charge in [-0.15, -0.1) is 0 Å². The summed E-state index contributed by atoms with van der Waals surface area (Å²) in [6, 6.07) is 14.3. The highest BCUT2D eigenvalue weighted by Gasteiger charge is 2.37. The first-order valence-electron chi connectivity index (χ1n) is 8.84. The molecule has 1 aliphatic carbocycles. The van der Waals surface area contributed by atoms with Crippen LogP contribution in [-0.4, -0.2) is 22.2 Å². The van der Waals surface area contributed by atoms with E-state index < -0.39 is 11.9 Å². The van der Waals surface area contributed by atoms with E-state index in [9.17, 15) is 18.0 Å². The summed E-state index contributed by atoms with van der Waals surface area (Å²) in [4.78, 5) is 12.4. The number of halogens is 3. The van der Waals surface area contributed by atoms with E-state index in [0.717, 1.165) is 29.7 Å². The van der Waals surface area contributed by atoms with Crippen molar-refractivity contribution in [2.75, 3.05) is 6.54 Å². The van der Waals surface area contributed by atoms with Gasteiger partial charge in [0, 0.05) is 23.7 Å². The van der Waals surface area contributed by atoms with E-state index in [1.54, 1.807) is 12.1 Å². The summed E-state index contributed by atoms with van der Waals surface area (Å²) in [7, 11) is 0. The molecule has 1 amide bonds. The van der Waals surface area contributed by atoms with Crippen molar-refractivity contribution in [2.24, 2.45) is 0 Å². The van der Waals surface area contributed by atoms with E-state index in [1.165, 1.54) is 4.68 Å². The van der Waals surface area contributed by atoms with Crippen LogP contribution in [0.4, 0.5) is 13.2 Å². The fourth-order valence-corrected chi connectivity index (χ4v) is 3.16. The smallest absolute Gasteiger partial charge is 0.350 e. The highest BCUT2D eigenvalue weighted by Crippen LogP contribution is 2.42. The van der Waals surface area contributed by atoms with Crippen molar-refractivity contribution in [1.29, 1.82) is 0 Å². The number of nitrogens with one attached hydrogen (secondary N) is 1. The minimum atomic E-state index is -4.46. The molecule has 4 nitrogen and oxygen atoms in total. The van der Waals surface area contributed by atoms with Crippen molar-refractivity contribution in [3.63, 3.8) is 0 Å². The van der Waals surface area contributed by atoms with E-state index in [-0.39, 0.29) is 24.9 Å². The summed E-state index contributed by atoms with van der Waals surface area (Å²) in [5.41, 5.74) is 0.250. The molecule has 140 valence electrons. The van der Waals surface area contributed by atoms with E-state index in [1.807, 2.05) is 30.3 Å². The van der Waals surface area contributed by atoms with Crippen molar-refractivity contribution in [1.82, 2.24) is 15.1 Å². The molecule has 3 aromatic rings. The minimum absolute atomic E-state index is 0.143. The molecule has 1 saturated carbocycles. The molecule has 0 unspecified atom stereocenters. The van der Waals surface area contributed by atoms with Gasteiger partial charge in [-0.25, -0.2) is 0 Å². The number of rotatable bonds is 5. The van der Waals surface area contributed by atoms with E-state index in [0.29, 0.717) is 11.3 Å².